The number of carbonyl (C=O) groups excluding carboxylic acids is 1. The van der Waals surface area contributed by atoms with E-state index in [9.17, 15) is 18.0 Å². The van der Waals surface area contributed by atoms with Crippen molar-refractivity contribution in [2.45, 2.75) is 37.9 Å². The lowest BCUT2D eigenvalue weighted by Crippen LogP contribution is -2.38. The minimum atomic E-state index is -4.40. The van der Waals surface area contributed by atoms with E-state index >= 15 is 0 Å². The lowest BCUT2D eigenvalue weighted by Gasteiger charge is -2.31. The Morgan fingerprint density at radius 1 is 1.38 bits per heavy atom. The van der Waals surface area contributed by atoms with Crippen LogP contribution < -0.4 is 5.32 Å². The number of benzene rings is 1. The molecule has 2 rings (SSSR count). The van der Waals surface area contributed by atoms with Gasteiger partial charge in [0, 0.05) is 18.2 Å². The summed E-state index contributed by atoms with van der Waals surface area (Å²) in [7, 11) is 1.97. The van der Waals surface area contributed by atoms with Gasteiger partial charge in [-0.05, 0) is 44.6 Å². The van der Waals surface area contributed by atoms with Crippen molar-refractivity contribution in [3.8, 4) is 0 Å². The maximum Gasteiger partial charge on any atom is 0.416 e. The Balaban J connectivity index is 1.96. The Hall–Kier alpha value is -1.56. The highest BCUT2D eigenvalue weighted by atomic mass is 19.4. The van der Waals surface area contributed by atoms with Gasteiger partial charge in [0.25, 0.3) is 0 Å². The van der Waals surface area contributed by atoms with Gasteiger partial charge in [0.1, 0.15) is 0 Å². The molecule has 116 valence electrons. The molecule has 0 aromatic heterocycles. The fraction of sp³-hybridized carbons (Fsp3) is 0.533. The summed E-state index contributed by atoms with van der Waals surface area (Å²) in [6, 6.07) is 4.89. The average molecular weight is 300 g/mol. The Morgan fingerprint density at radius 2 is 2.14 bits per heavy atom. The van der Waals surface area contributed by atoms with E-state index in [0.29, 0.717) is 6.42 Å². The molecule has 0 spiro atoms. The first kappa shape index (κ1) is 15.8. The van der Waals surface area contributed by atoms with Gasteiger partial charge in [-0.15, -0.1) is 0 Å². The molecule has 1 saturated heterocycles. The molecule has 1 aliphatic heterocycles. The predicted molar refractivity (Wildman–Crippen MR) is 75.0 cm³/mol. The molecule has 0 bridgehead atoms. The molecule has 1 aromatic carbocycles. The summed E-state index contributed by atoms with van der Waals surface area (Å²) < 4.78 is 37.8. The summed E-state index contributed by atoms with van der Waals surface area (Å²) in [4.78, 5) is 14.1. The maximum atomic E-state index is 12.6. The number of nitrogens with zero attached hydrogens (tertiary/aromatic N) is 1. The molecule has 1 N–H and O–H groups in total. The topological polar surface area (TPSA) is 32.3 Å². The molecule has 1 unspecified atom stereocenters. The number of amides is 1. The third-order valence-electron chi connectivity index (χ3n) is 3.82. The number of rotatable bonds is 3. The van der Waals surface area contributed by atoms with Crippen molar-refractivity contribution in [3.05, 3.63) is 29.8 Å². The van der Waals surface area contributed by atoms with Crippen LogP contribution >= 0.6 is 0 Å². The number of carbonyl (C=O) groups is 1. The van der Waals surface area contributed by atoms with Crippen molar-refractivity contribution < 1.29 is 18.0 Å². The Bertz CT molecular complexity index is 502. The third-order valence-corrected chi connectivity index (χ3v) is 3.82. The van der Waals surface area contributed by atoms with Crippen molar-refractivity contribution in [3.63, 3.8) is 0 Å². The minimum absolute atomic E-state index is 0.171. The van der Waals surface area contributed by atoms with Crippen LogP contribution in [0, 0.1) is 0 Å². The van der Waals surface area contributed by atoms with E-state index in [-0.39, 0.29) is 17.6 Å². The van der Waals surface area contributed by atoms with Gasteiger partial charge in [0.05, 0.1) is 5.56 Å². The van der Waals surface area contributed by atoms with Crippen LogP contribution in [0.5, 0.6) is 0 Å². The van der Waals surface area contributed by atoms with Gasteiger partial charge in [0.2, 0.25) is 5.91 Å². The summed E-state index contributed by atoms with van der Waals surface area (Å²) >= 11 is 0. The molecule has 21 heavy (non-hydrogen) atoms. The number of halogens is 3. The number of nitrogens with one attached hydrogen (secondary N) is 1. The van der Waals surface area contributed by atoms with Crippen LogP contribution in [-0.2, 0) is 11.0 Å². The molecule has 6 heteroatoms. The highest BCUT2D eigenvalue weighted by molar-refractivity contribution is 5.91. The van der Waals surface area contributed by atoms with E-state index in [2.05, 4.69) is 10.2 Å². The van der Waals surface area contributed by atoms with Gasteiger partial charge in [-0.2, -0.15) is 13.2 Å². The molecule has 1 aliphatic rings. The summed E-state index contributed by atoms with van der Waals surface area (Å²) in [6.45, 7) is 0.960. The van der Waals surface area contributed by atoms with Crippen LogP contribution in [0.2, 0.25) is 0 Å². The zero-order chi connectivity index (χ0) is 15.5. The van der Waals surface area contributed by atoms with E-state index in [0.717, 1.165) is 37.9 Å². The first-order valence-electron chi connectivity index (χ1n) is 7.03. The molecule has 1 fully saturated rings. The molecular formula is C15H19F3N2O. The molecule has 3 nitrogen and oxygen atoms in total. The molecule has 0 saturated carbocycles. The summed E-state index contributed by atoms with van der Waals surface area (Å²) in [6.07, 6.45) is -0.919. The quantitative estimate of drug-likeness (QED) is 0.926. The molecule has 1 amide bonds. The van der Waals surface area contributed by atoms with Crippen LogP contribution in [0.1, 0.15) is 31.2 Å². The minimum Gasteiger partial charge on any atom is -0.326 e. The fourth-order valence-electron chi connectivity index (χ4n) is 2.60. The standard InChI is InChI=1S/C15H19F3N2O/c1-20-8-3-2-7-13(20)10-14(21)19-12-6-4-5-11(9-12)15(16,17)18/h4-6,9,13H,2-3,7-8,10H2,1H3,(H,19,21). The second-order valence-corrected chi connectivity index (χ2v) is 5.46. The summed E-state index contributed by atoms with van der Waals surface area (Å²) in [5, 5.41) is 2.56. The Kier molecular flexibility index (Phi) is 4.88. The second-order valence-electron chi connectivity index (χ2n) is 5.46. The normalized spacial score (nSPS) is 20.3. The number of alkyl halides is 3. The third kappa shape index (κ3) is 4.46. The van der Waals surface area contributed by atoms with Gasteiger partial charge >= 0.3 is 6.18 Å². The van der Waals surface area contributed by atoms with Crippen molar-refractivity contribution in [2.24, 2.45) is 0 Å². The number of likely N-dealkylation sites (tertiary alicyclic amines) is 1. The van der Waals surface area contributed by atoms with Gasteiger partial charge in [-0.25, -0.2) is 0 Å². The molecule has 0 radical (unpaired) electrons. The molecule has 1 heterocycles. The van der Waals surface area contributed by atoms with Crippen LogP contribution in [0.4, 0.5) is 18.9 Å². The van der Waals surface area contributed by atoms with Crippen molar-refractivity contribution in [2.75, 3.05) is 18.9 Å². The zero-order valence-electron chi connectivity index (χ0n) is 11.9. The predicted octanol–water partition coefficient (Wildman–Crippen LogP) is 3.52. The Morgan fingerprint density at radius 3 is 2.81 bits per heavy atom. The van der Waals surface area contributed by atoms with Crippen LogP contribution in [0.15, 0.2) is 24.3 Å². The van der Waals surface area contributed by atoms with E-state index in [4.69, 9.17) is 0 Å². The fourth-order valence-corrected chi connectivity index (χ4v) is 2.60. The van der Waals surface area contributed by atoms with Crippen molar-refractivity contribution in [1.29, 1.82) is 0 Å². The van der Waals surface area contributed by atoms with Gasteiger partial charge in [0.15, 0.2) is 0 Å². The molecule has 1 atom stereocenters. The van der Waals surface area contributed by atoms with Crippen molar-refractivity contribution in [1.82, 2.24) is 4.90 Å². The lowest BCUT2D eigenvalue weighted by atomic mass is 10.00. The summed E-state index contributed by atoms with van der Waals surface area (Å²) in [5.74, 6) is -0.243. The second kappa shape index (κ2) is 6.47. The largest absolute Gasteiger partial charge is 0.416 e. The number of piperidine rings is 1. The monoisotopic (exact) mass is 300 g/mol. The van der Waals surface area contributed by atoms with Crippen molar-refractivity contribution >= 4 is 11.6 Å². The Labute approximate surface area is 122 Å². The van der Waals surface area contributed by atoms with Crippen LogP contribution in [0.3, 0.4) is 0 Å². The number of hydrogen-bond acceptors (Lipinski definition) is 2. The molecule has 1 aromatic rings. The first-order valence-corrected chi connectivity index (χ1v) is 7.03. The highest BCUT2D eigenvalue weighted by Gasteiger charge is 2.30. The van der Waals surface area contributed by atoms with Crippen LogP contribution in [-0.4, -0.2) is 30.4 Å². The van der Waals surface area contributed by atoms with E-state index in [1.807, 2.05) is 7.05 Å². The first-order chi connectivity index (χ1) is 9.86. The maximum absolute atomic E-state index is 12.6. The number of anilines is 1. The van der Waals surface area contributed by atoms with Crippen LogP contribution in [0.25, 0.3) is 0 Å². The zero-order valence-corrected chi connectivity index (χ0v) is 11.9. The molecule has 0 aliphatic carbocycles. The van der Waals surface area contributed by atoms with E-state index < -0.39 is 11.7 Å². The van der Waals surface area contributed by atoms with Gasteiger partial charge in [-0.3, -0.25) is 4.79 Å². The van der Waals surface area contributed by atoms with E-state index in [1.165, 1.54) is 12.1 Å². The SMILES string of the molecule is CN1CCCCC1CC(=O)Nc1cccc(C(F)(F)F)c1. The lowest BCUT2D eigenvalue weighted by molar-refractivity contribution is -0.137. The smallest absolute Gasteiger partial charge is 0.326 e. The van der Waals surface area contributed by atoms with Gasteiger partial charge < -0.3 is 10.2 Å². The summed E-state index contributed by atoms with van der Waals surface area (Å²) in [5.41, 5.74) is -0.566. The average Bonchev–Trinajstić information content (AvgIpc) is 2.41. The van der Waals surface area contributed by atoms with Gasteiger partial charge in [-0.1, -0.05) is 12.5 Å². The molecular weight excluding hydrogens is 281 g/mol. The van der Waals surface area contributed by atoms with E-state index in [1.54, 1.807) is 0 Å². The number of hydrogen-bond donors (Lipinski definition) is 1. The highest BCUT2D eigenvalue weighted by Crippen LogP contribution is 2.30.